The third kappa shape index (κ3) is 20.5. The molecule has 0 saturated heterocycles. The fourth-order valence-corrected chi connectivity index (χ4v) is 9.28. The monoisotopic (exact) mass is 1030 g/mol. The van der Waals surface area contributed by atoms with Gasteiger partial charge in [0.1, 0.15) is 34.9 Å². The molecule has 380 valence electrons. The molecule has 0 saturated carbocycles. The van der Waals surface area contributed by atoms with Gasteiger partial charge in [0, 0.05) is 41.2 Å². The van der Waals surface area contributed by atoms with Gasteiger partial charge in [0.15, 0.2) is 28.2 Å². The molecular formula is C47H70ClFN6O10S3. The summed E-state index contributed by atoms with van der Waals surface area (Å²) in [5.74, 6) is 3.42. The van der Waals surface area contributed by atoms with E-state index in [1.807, 2.05) is 64.1 Å². The van der Waals surface area contributed by atoms with Crippen molar-refractivity contribution in [2.45, 2.75) is 64.8 Å². The van der Waals surface area contributed by atoms with Crippen molar-refractivity contribution in [3.05, 3.63) is 63.6 Å². The molecule has 3 aromatic heterocycles. The number of nitrogen functional groups attached to an aromatic ring is 2. The fourth-order valence-electron chi connectivity index (χ4n) is 5.95. The first-order chi connectivity index (χ1) is 32.0. The lowest BCUT2D eigenvalue weighted by atomic mass is 10.2. The number of nitrogens with zero attached hydrogens (tertiary/aromatic N) is 4. The van der Waals surface area contributed by atoms with Crippen LogP contribution in [0.1, 0.15) is 66.9 Å². The number of rotatable bonds is 30. The van der Waals surface area contributed by atoms with E-state index < -0.39 is 0 Å². The summed E-state index contributed by atoms with van der Waals surface area (Å²) in [6, 6.07) is 13.3. The van der Waals surface area contributed by atoms with E-state index in [4.69, 9.17) is 75.4 Å². The molecule has 5 rings (SSSR count). The average Bonchev–Trinajstić information content (AvgIpc) is 3.88. The predicted molar refractivity (Wildman–Crippen MR) is 274 cm³/mol. The number of nitrogens with two attached hydrogens (primary N) is 2. The van der Waals surface area contributed by atoms with Gasteiger partial charge in [-0.2, -0.15) is 0 Å². The van der Waals surface area contributed by atoms with E-state index in [-0.39, 0.29) is 22.8 Å². The van der Waals surface area contributed by atoms with Crippen LogP contribution in [0.5, 0.6) is 23.0 Å². The molecule has 0 aliphatic heterocycles. The predicted octanol–water partition coefficient (Wildman–Crippen LogP) is 10.0. The van der Waals surface area contributed by atoms with Crippen LogP contribution in [-0.2, 0) is 28.4 Å². The van der Waals surface area contributed by atoms with Crippen LogP contribution in [0.4, 0.5) is 16.3 Å². The molecule has 3 heterocycles. The molecule has 0 amide bonds. The highest BCUT2D eigenvalue weighted by Crippen LogP contribution is 2.41. The fraction of sp³-hybridized carbons (Fsp3) is 0.532. The molecule has 0 fully saturated rings. The molecule has 16 nitrogen and oxygen atoms in total. The summed E-state index contributed by atoms with van der Waals surface area (Å²) >= 11 is 10.9. The number of halogens is 2. The lowest BCUT2D eigenvalue weighted by Crippen LogP contribution is -2.12. The maximum atomic E-state index is 6.21. The second-order valence-corrected chi connectivity index (χ2v) is 18.5. The number of hydrogen-bond donors (Lipinski definition) is 2. The van der Waals surface area contributed by atoms with Crippen molar-refractivity contribution >= 4 is 57.7 Å². The summed E-state index contributed by atoms with van der Waals surface area (Å²) < 4.78 is 55.0. The largest absolute Gasteiger partial charge is 0.490 e. The zero-order chi connectivity index (χ0) is 47.7. The zero-order valence-electron chi connectivity index (χ0n) is 39.6. The molecule has 5 aromatic rings. The maximum Gasteiger partial charge on any atom is 0.192 e. The van der Waals surface area contributed by atoms with E-state index in [9.17, 15) is 0 Å². The van der Waals surface area contributed by atoms with E-state index in [2.05, 4.69) is 28.8 Å². The van der Waals surface area contributed by atoms with Gasteiger partial charge >= 0.3 is 0 Å². The van der Waals surface area contributed by atoms with Crippen molar-refractivity contribution in [1.29, 1.82) is 0 Å². The number of hydrogen-bond acceptors (Lipinski definition) is 19. The molecule has 0 bridgehead atoms. The van der Waals surface area contributed by atoms with Crippen LogP contribution >= 0.6 is 46.0 Å². The minimum atomic E-state index is -0.112. The van der Waals surface area contributed by atoms with Gasteiger partial charge in [0.2, 0.25) is 0 Å². The van der Waals surface area contributed by atoms with Crippen LogP contribution in [0, 0.1) is 13.8 Å². The Morgan fingerprint density at radius 3 is 1.35 bits per heavy atom. The molecule has 0 aliphatic rings. The minimum absolute atomic E-state index is 0. The van der Waals surface area contributed by atoms with Crippen molar-refractivity contribution < 1.29 is 52.1 Å². The van der Waals surface area contributed by atoms with E-state index in [0.29, 0.717) is 132 Å². The highest BCUT2D eigenvalue weighted by atomic mass is 35.5. The van der Waals surface area contributed by atoms with Crippen LogP contribution in [0.2, 0.25) is 0 Å². The molecule has 21 heteroatoms. The molecule has 0 aliphatic carbocycles. The molecule has 0 radical (unpaired) electrons. The standard InChI is InChI=1S/C25H35N5O5S2.C21H30ClNO5S.CH4.FH/c1-5-34-20-14-18(6-7-19(20)35-13-12-33-11-10-32-9-8-31-4)24-30-23(16(2)36-24)17(3)37-25-28-21(26)15-22(27)29-25;1-5-27-19-14-17(21-23-20(15(2)22)16(3)29-21)6-7-18(19)28-13-12-26-11-10-25-9-8-24-4;;/h6-7,14-15,17H,5,8-13H2,1-4H3,(H4,26,27,28,29);6-7,14-15H,5,8-13H2,1-4H3;1H4;1H. The quantitative estimate of drug-likeness (QED) is 0.0191. The Hall–Kier alpha value is -4.09. The molecule has 2 atom stereocenters. The van der Waals surface area contributed by atoms with Gasteiger partial charge in [-0.05, 0) is 77.9 Å². The van der Waals surface area contributed by atoms with Crippen LogP contribution in [-0.4, -0.2) is 127 Å². The summed E-state index contributed by atoms with van der Waals surface area (Å²) in [7, 11) is 3.29. The van der Waals surface area contributed by atoms with Crippen LogP contribution < -0.4 is 30.4 Å². The van der Waals surface area contributed by atoms with E-state index in [1.54, 1.807) is 36.9 Å². The molecule has 2 unspecified atom stereocenters. The third-order valence-electron chi connectivity index (χ3n) is 9.01. The first-order valence-electron chi connectivity index (χ1n) is 21.7. The summed E-state index contributed by atoms with van der Waals surface area (Å²) in [6.07, 6.45) is 0. The number of alkyl halides is 1. The number of methoxy groups -OCH3 is 2. The number of benzene rings is 2. The minimum Gasteiger partial charge on any atom is -0.490 e. The van der Waals surface area contributed by atoms with Crippen LogP contribution in [0.25, 0.3) is 21.1 Å². The van der Waals surface area contributed by atoms with Gasteiger partial charge in [-0.25, -0.2) is 19.9 Å². The zero-order valence-corrected chi connectivity index (χ0v) is 42.8. The van der Waals surface area contributed by atoms with Gasteiger partial charge in [-0.3, -0.25) is 4.70 Å². The smallest absolute Gasteiger partial charge is 0.192 e. The lowest BCUT2D eigenvalue weighted by molar-refractivity contribution is 0.0178. The second kappa shape index (κ2) is 33.4. The number of ether oxygens (including phenoxy) is 10. The Morgan fingerprint density at radius 1 is 0.559 bits per heavy atom. The van der Waals surface area contributed by atoms with Crippen molar-refractivity contribution in [3.8, 4) is 44.1 Å². The first kappa shape index (κ1) is 60.0. The Morgan fingerprint density at radius 2 is 0.956 bits per heavy atom. The Bertz CT molecular complexity index is 2150. The molecular weight excluding hydrogens is 959 g/mol. The normalized spacial score (nSPS) is 11.7. The Labute approximate surface area is 418 Å². The van der Waals surface area contributed by atoms with Gasteiger partial charge in [0.25, 0.3) is 0 Å². The van der Waals surface area contributed by atoms with E-state index in [0.717, 1.165) is 42.3 Å². The van der Waals surface area contributed by atoms with Crippen LogP contribution in [0.15, 0.2) is 47.6 Å². The Balaban J connectivity index is 0.000000466. The summed E-state index contributed by atoms with van der Waals surface area (Å²) in [5, 5.41) is 2.26. The number of aryl methyl sites for hydroxylation is 2. The molecule has 2 aromatic carbocycles. The maximum absolute atomic E-state index is 6.21. The van der Waals surface area contributed by atoms with E-state index >= 15 is 0 Å². The summed E-state index contributed by atoms with van der Waals surface area (Å²) in [5.41, 5.74) is 15.5. The highest BCUT2D eigenvalue weighted by Gasteiger charge is 2.20. The SMILES string of the molecule is C.CCOc1cc(-c2nc(C(C)Cl)c(C)s2)ccc1OCCOCCOCCOC.CCOc1cc(-c2nc(C(C)Sc3nc(N)cc(N)n3)c(C)s2)ccc1OCCOCCOCCOC.F. The molecule has 68 heavy (non-hydrogen) atoms. The number of thiazole rings is 2. The summed E-state index contributed by atoms with van der Waals surface area (Å²) in [6.45, 7) is 19.2. The third-order valence-corrected chi connectivity index (χ3v) is 12.3. The molecule has 4 N–H and O–H groups in total. The lowest BCUT2D eigenvalue weighted by Gasteiger charge is -2.13. The number of aromatic nitrogens is 4. The van der Waals surface area contributed by atoms with Gasteiger partial charge in [-0.1, -0.05) is 19.2 Å². The van der Waals surface area contributed by atoms with Gasteiger partial charge < -0.3 is 58.8 Å². The summed E-state index contributed by atoms with van der Waals surface area (Å²) in [4.78, 5) is 20.4. The van der Waals surface area contributed by atoms with Crippen LogP contribution in [0.3, 0.4) is 0 Å². The van der Waals surface area contributed by atoms with Gasteiger partial charge in [-0.15, -0.1) is 34.3 Å². The van der Waals surface area contributed by atoms with Crippen molar-refractivity contribution in [3.63, 3.8) is 0 Å². The number of thioether (sulfide) groups is 1. The van der Waals surface area contributed by atoms with Crippen molar-refractivity contribution in [2.24, 2.45) is 0 Å². The topological polar surface area (TPSA) is 196 Å². The van der Waals surface area contributed by atoms with Crippen molar-refractivity contribution in [1.82, 2.24) is 19.9 Å². The van der Waals surface area contributed by atoms with Gasteiger partial charge in [0.05, 0.1) is 101 Å². The second-order valence-electron chi connectivity index (χ2n) is 14.1. The number of anilines is 2. The first-order valence-corrected chi connectivity index (χ1v) is 24.7. The van der Waals surface area contributed by atoms with Crippen molar-refractivity contribution in [2.75, 3.05) is 118 Å². The van der Waals surface area contributed by atoms with E-state index in [1.165, 1.54) is 17.8 Å². The highest BCUT2D eigenvalue weighted by molar-refractivity contribution is 7.99. The average molecular weight is 1030 g/mol. The Kier molecular flexibility index (Phi) is 29.5. The molecule has 0 spiro atoms.